The zero-order chi connectivity index (χ0) is 28.7. The number of amides is 2. The first-order valence-corrected chi connectivity index (χ1v) is 14.0. The molecule has 2 heterocycles. The maximum absolute atomic E-state index is 13.7. The van der Waals surface area contributed by atoms with Crippen LogP contribution in [0.1, 0.15) is 68.3 Å². The Bertz CT molecular complexity index is 1190. The molecule has 40 heavy (non-hydrogen) atoms. The first-order chi connectivity index (χ1) is 19.2. The number of nitrogens with zero attached hydrogens (tertiary/aromatic N) is 1. The van der Waals surface area contributed by atoms with Gasteiger partial charge in [0.05, 0.1) is 25.8 Å². The van der Waals surface area contributed by atoms with Crippen molar-refractivity contribution in [1.29, 1.82) is 0 Å². The van der Waals surface area contributed by atoms with Crippen molar-refractivity contribution in [3.05, 3.63) is 59.9 Å². The summed E-state index contributed by atoms with van der Waals surface area (Å²) in [6.07, 6.45) is 8.14. The monoisotopic (exact) mass is 549 g/mol. The van der Waals surface area contributed by atoms with Crippen molar-refractivity contribution in [2.75, 3.05) is 13.7 Å². The molecule has 0 spiro atoms. The number of aromatic nitrogens is 1. The van der Waals surface area contributed by atoms with Gasteiger partial charge in [-0.05, 0) is 62.4 Å². The van der Waals surface area contributed by atoms with Gasteiger partial charge in [0.25, 0.3) is 5.91 Å². The average Bonchev–Trinajstić information content (AvgIpc) is 3.50. The molecule has 0 bridgehead atoms. The molecule has 4 rings (SSSR count). The summed E-state index contributed by atoms with van der Waals surface area (Å²) < 4.78 is 10.7. The summed E-state index contributed by atoms with van der Waals surface area (Å²) in [4.78, 5) is 56.8. The molecule has 1 aliphatic carbocycles. The number of carbonyl (C=O) groups is 4. The summed E-state index contributed by atoms with van der Waals surface area (Å²) in [6.45, 7) is 3.72. The van der Waals surface area contributed by atoms with Crippen LogP contribution in [0.15, 0.2) is 48.8 Å². The molecule has 2 fully saturated rings. The number of Topliss-reactive ketones (excluding diaryl/α,β-unsaturated/α-hetero) is 2. The minimum Gasteiger partial charge on any atom is -0.497 e. The summed E-state index contributed by atoms with van der Waals surface area (Å²) in [5, 5.41) is 5.72. The Morgan fingerprint density at radius 1 is 1.05 bits per heavy atom. The largest absolute Gasteiger partial charge is 0.497 e. The van der Waals surface area contributed by atoms with E-state index in [2.05, 4.69) is 15.6 Å². The minimum absolute atomic E-state index is 0.0895. The number of methoxy groups -OCH3 is 1. The lowest BCUT2D eigenvalue weighted by Crippen LogP contribution is -2.49. The highest BCUT2D eigenvalue weighted by atomic mass is 16.6. The van der Waals surface area contributed by atoms with Crippen LogP contribution in [0.5, 0.6) is 5.75 Å². The maximum Gasteiger partial charge on any atom is 0.251 e. The number of hydrogen-bond acceptors (Lipinski definition) is 7. The quantitative estimate of drug-likeness (QED) is 0.346. The second-order valence-electron chi connectivity index (χ2n) is 11.2. The second-order valence-corrected chi connectivity index (χ2v) is 11.2. The SMILES string of the molecule is COc1ccc(C[C@H](CC(=O)[C@@H](C)NC(=O)c2ccncc2)C(=O)N[C@@H](CC2CCCC2)C(=O)[C@@]2(C)CO2)cc1. The fourth-order valence-electron chi connectivity index (χ4n) is 5.31. The molecule has 1 aliphatic heterocycles. The van der Waals surface area contributed by atoms with E-state index >= 15 is 0 Å². The van der Waals surface area contributed by atoms with E-state index in [9.17, 15) is 19.2 Å². The molecule has 1 saturated carbocycles. The van der Waals surface area contributed by atoms with E-state index in [0.29, 0.717) is 36.7 Å². The Labute approximate surface area is 235 Å². The molecular formula is C31H39N3O6. The van der Waals surface area contributed by atoms with Gasteiger partial charge in [-0.1, -0.05) is 37.8 Å². The van der Waals surface area contributed by atoms with Crippen LogP contribution in [-0.4, -0.2) is 59.8 Å². The van der Waals surface area contributed by atoms with Gasteiger partial charge in [0, 0.05) is 30.3 Å². The van der Waals surface area contributed by atoms with Gasteiger partial charge >= 0.3 is 0 Å². The van der Waals surface area contributed by atoms with Gasteiger partial charge in [-0.2, -0.15) is 0 Å². The normalized spacial score (nSPS) is 20.7. The van der Waals surface area contributed by atoms with E-state index in [4.69, 9.17) is 9.47 Å². The summed E-state index contributed by atoms with van der Waals surface area (Å²) >= 11 is 0. The van der Waals surface area contributed by atoms with Crippen molar-refractivity contribution >= 4 is 23.4 Å². The van der Waals surface area contributed by atoms with Crippen molar-refractivity contribution in [3.63, 3.8) is 0 Å². The zero-order valence-electron chi connectivity index (χ0n) is 23.5. The van der Waals surface area contributed by atoms with E-state index in [1.54, 1.807) is 45.2 Å². The fourth-order valence-corrected chi connectivity index (χ4v) is 5.31. The van der Waals surface area contributed by atoms with Crippen LogP contribution in [0.25, 0.3) is 0 Å². The molecule has 1 saturated heterocycles. The molecule has 4 atom stereocenters. The Morgan fingerprint density at radius 2 is 1.70 bits per heavy atom. The molecule has 1 aromatic heterocycles. The molecule has 214 valence electrons. The van der Waals surface area contributed by atoms with Crippen LogP contribution in [0.2, 0.25) is 0 Å². The molecule has 0 unspecified atom stereocenters. The lowest BCUT2D eigenvalue weighted by Gasteiger charge is -2.26. The molecule has 9 heteroatoms. The van der Waals surface area contributed by atoms with Gasteiger partial charge in [-0.15, -0.1) is 0 Å². The Morgan fingerprint density at radius 3 is 2.30 bits per heavy atom. The topological polar surface area (TPSA) is 127 Å². The van der Waals surface area contributed by atoms with Gasteiger partial charge < -0.3 is 20.1 Å². The number of carbonyl (C=O) groups excluding carboxylic acids is 4. The smallest absolute Gasteiger partial charge is 0.251 e. The Hall–Kier alpha value is -3.59. The molecule has 2 aliphatic rings. The Balaban J connectivity index is 1.48. The number of ketones is 2. The number of hydrogen-bond donors (Lipinski definition) is 2. The van der Waals surface area contributed by atoms with Crippen molar-refractivity contribution < 1.29 is 28.7 Å². The third-order valence-electron chi connectivity index (χ3n) is 8.01. The van der Waals surface area contributed by atoms with Gasteiger partial charge in [0.2, 0.25) is 5.91 Å². The van der Waals surface area contributed by atoms with Gasteiger partial charge in [0.15, 0.2) is 11.6 Å². The van der Waals surface area contributed by atoms with E-state index in [0.717, 1.165) is 31.2 Å². The van der Waals surface area contributed by atoms with Crippen LogP contribution < -0.4 is 15.4 Å². The number of epoxide rings is 1. The zero-order valence-corrected chi connectivity index (χ0v) is 23.5. The maximum atomic E-state index is 13.7. The van der Waals surface area contributed by atoms with E-state index in [1.165, 1.54) is 12.4 Å². The molecule has 2 amide bonds. The molecule has 0 radical (unpaired) electrons. The molecule has 2 aromatic rings. The highest BCUT2D eigenvalue weighted by Crippen LogP contribution is 2.34. The predicted octanol–water partition coefficient (Wildman–Crippen LogP) is 3.45. The third kappa shape index (κ3) is 7.75. The van der Waals surface area contributed by atoms with Crippen LogP contribution in [-0.2, 0) is 25.5 Å². The van der Waals surface area contributed by atoms with Crippen molar-refractivity contribution in [1.82, 2.24) is 15.6 Å². The van der Waals surface area contributed by atoms with Crippen LogP contribution in [0.4, 0.5) is 0 Å². The number of ether oxygens (including phenoxy) is 2. The standard InChI is InChI=1S/C31H39N3O6/c1-20(33-29(37)23-12-14-32-15-13-23)27(35)18-24(16-22-8-10-25(39-3)11-9-22)30(38)34-26(17-21-6-4-5-7-21)28(36)31(2)19-40-31/h8-15,20-21,24,26H,4-7,16-19H2,1-3H3,(H,33,37)(H,34,38)/t20-,24-,26+,31-/m1/s1. The number of benzene rings is 1. The summed E-state index contributed by atoms with van der Waals surface area (Å²) in [5.41, 5.74) is 0.397. The molecule has 9 nitrogen and oxygen atoms in total. The van der Waals surface area contributed by atoms with Crippen LogP contribution in [0, 0.1) is 11.8 Å². The minimum atomic E-state index is -0.858. The lowest BCUT2D eigenvalue weighted by atomic mass is 9.88. The summed E-state index contributed by atoms with van der Waals surface area (Å²) in [7, 11) is 1.58. The average molecular weight is 550 g/mol. The van der Waals surface area contributed by atoms with E-state index < -0.39 is 23.6 Å². The fraction of sp³-hybridized carbons (Fsp3) is 0.516. The first-order valence-electron chi connectivity index (χ1n) is 14.0. The second kappa shape index (κ2) is 13.2. The number of nitrogens with one attached hydrogen (secondary N) is 2. The van der Waals surface area contributed by atoms with Gasteiger partial charge in [-0.3, -0.25) is 24.2 Å². The van der Waals surface area contributed by atoms with Crippen molar-refractivity contribution in [2.24, 2.45) is 11.8 Å². The lowest BCUT2D eigenvalue weighted by molar-refractivity contribution is -0.134. The van der Waals surface area contributed by atoms with Crippen LogP contribution in [0.3, 0.4) is 0 Å². The number of rotatable bonds is 14. The summed E-state index contributed by atoms with van der Waals surface area (Å²) in [5.74, 6) is -0.785. The third-order valence-corrected chi connectivity index (χ3v) is 8.01. The summed E-state index contributed by atoms with van der Waals surface area (Å²) in [6, 6.07) is 9.00. The first kappa shape index (κ1) is 29.4. The molecule has 2 N–H and O–H groups in total. The number of pyridine rings is 1. The predicted molar refractivity (Wildman–Crippen MR) is 149 cm³/mol. The van der Waals surface area contributed by atoms with Crippen molar-refractivity contribution in [2.45, 2.75) is 76.5 Å². The molecule has 1 aromatic carbocycles. The highest BCUT2D eigenvalue weighted by molar-refractivity contribution is 5.99. The van der Waals surface area contributed by atoms with Crippen LogP contribution >= 0.6 is 0 Å². The van der Waals surface area contributed by atoms with Gasteiger partial charge in [0.1, 0.15) is 11.4 Å². The van der Waals surface area contributed by atoms with Crippen molar-refractivity contribution in [3.8, 4) is 5.75 Å². The Kier molecular flexibility index (Phi) is 9.68. The highest BCUT2D eigenvalue weighted by Gasteiger charge is 2.50. The molecular weight excluding hydrogens is 510 g/mol. The van der Waals surface area contributed by atoms with E-state index in [1.807, 2.05) is 12.1 Å². The van der Waals surface area contributed by atoms with E-state index in [-0.39, 0.29) is 29.8 Å². The van der Waals surface area contributed by atoms with Gasteiger partial charge in [-0.25, -0.2) is 0 Å².